The molecule has 1 aliphatic rings. The van der Waals surface area contributed by atoms with Crippen molar-refractivity contribution in [1.82, 2.24) is 10.2 Å². The predicted molar refractivity (Wildman–Crippen MR) is 95.7 cm³/mol. The van der Waals surface area contributed by atoms with E-state index in [2.05, 4.69) is 10.5 Å². The van der Waals surface area contributed by atoms with Gasteiger partial charge in [-0.05, 0) is 36.2 Å². The number of oxime groups is 1. The largest absolute Gasteiger partial charge is 0.443 e. The van der Waals surface area contributed by atoms with E-state index in [1.54, 1.807) is 17.0 Å². The van der Waals surface area contributed by atoms with E-state index in [4.69, 9.17) is 20.9 Å². The van der Waals surface area contributed by atoms with E-state index >= 15 is 0 Å². The second kappa shape index (κ2) is 8.07. The summed E-state index contributed by atoms with van der Waals surface area (Å²) in [4.78, 5) is 19.6. The lowest BCUT2D eigenvalue weighted by molar-refractivity contribution is 0.0590. The Morgan fingerprint density at radius 2 is 2.12 bits per heavy atom. The van der Waals surface area contributed by atoms with E-state index in [1.807, 2.05) is 37.3 Å². The molecule has 0 saturated heterocycles. The number of hydrogen-bond acceptors (Lipinski definition) is 4. The summed E-state index contributed by atoms with van der Waals surface area (Å²) >= 11 is 5.80. The molecule has 1 aromatic carbocycles. The maximum Gasteiger partial charge on any atom is 0.317 e. The highest BCUT2D eigenvalue weighted by Gasteiger charge is 2.28. The standard InChI is InChI=1S/C18H20ClN3O3/c1-2-20-18(23)22(11-13-6-4-3-5-7-13)12-14-10-15(21-25-14)16-8-9-17(19)24-16/h3-9,14H,2,10-12H2,1H3,(H,20,23)/t14-/m1/s1. The van der Waals surface area contributed by atoms with Crippen molar-refractivity contribution in [3.63, 3.8) is 0 Å². The van der Waals surface area contributed by atoms with Crippen LogP contribution in [-0.2, 0) is 11.4 Å². The first-order valence-electron chi connectivity index (χ1n) is 8.20. The Bertz CT molecular complexity index is 745. The molecule has 0 aliphatic carbocycles. The summed E-state index contributed by atoms with van der Waals surface area (Å²) in [6.45, 7) is 3.41. The van der Waals surface area contributed by atoms with Crippen molar-refractivity contribution in [2.75, 3.05) is 13.1 Å². The Labute approximate surface area is 151 Å². The van der Waals surface area contributed by atoms with Gasteiger partial charge in [0.1, 0.15) is 5.71 Å². The van der Waals surface area contributed by atoms with Crippen LogP contribution in [0.25, 0.3) is 0 Å². The molecule has 1 aliphatic heterocycles. The van der Waals surface area contributed by atoms with Gasteiger partial charge in [0.25, 0.3) is 0 Å². The molecule has 2 heterocycles. The normalized spacial score (nSPS) is 16.2. The summed E-state index contributed by atoms with van der Waals surface area (Å²) in [6.07, 6.45) is 0.347. The third-order valence-corrected chi connectivity index (χ3v) is 4.05. The highest BCUT2D eigenvalue weighted by Crippen LogP contribution is 2.22. The topological polar surface area (TPSA) is 67.1 Å². The number of carbonyl (C=O) groups is 1. The van der Waals surface area contributed by atoms with Gasteiger partial charge in [0.15, 0.2) is 17.1 Å². The average Bonchev–Trinajstić information content (AvgIpc) is 3.24. The third-order valence-electron chi connectivity index (χ3n) is 3.85. The van der Waals surface area contributed by atoms with Crippen molar-refractivity contribution in [1.29, 1.82) is 0 Å². The molecule has 2 amide bonds. The van der Waals surface area contributed by atoms with Crippen molar-refractivity contribution in [3.05, 3.63) is 59.0 Å². The van der Waals surface area contributed by atoms with Crippen molar-refractivity contribution < 1.29 is 14.0 Å². The SMILES string of the molecule is CCNC(=O)N(Cc1ccccc1)C[C@H]1CC(c2ccc(Cl)o2)=NO1. The van der Waals surface area contributed by atoms with Crippen LogP contribution in [0.4, 0.5) is 4.79 Å². The van der Waals surface area contributed by atoms with Crippen LogP contribution in [0.3, 0.4) is 0 Å². The van der Waals surface area contributed by atoms with E-state index in [9.17, 15) is 4.79 Å². The lowest BCUT2D eigenvalue weighted by atomic mass is 10.1. The number of nitrogens with zero attached hydrogens (tertiary/aromatic N) is 2. The first-order valence-corrected chi connectivity index (χ1v) is 8.58. The summed E-state index contributed by atoms with van der Waals surface area (Å²) < 4.78 is 5.36. The number of benzene rings is 1. The summed E-state index contributed by atoms with van der Waals surface area (Å²) in [5, 5.41) is 7.23. The third kappa shape index (κ3) is 4.54. The molecule has 6 nitrogen and oxygen atoms in total. The van der Waals surface area contributed by atoms with Crippen LogP contribution in [-0.4, -0.2) is 35.8 Å². The van der Waals surface area contributed by atoms with Gasteiger partial charge in [-0.3, -0.25) is 0 Å². The highest BCUT2D eigenvalue weighted by atomic mass is 35.5. The van der Waals surface area contributed by atoms with E-state index in [-0.39, 0.29) is 12.1 Å². The Balaban J connectivity index is 1.63. The number of furan rings is 1. The van der Waals surface area contributed by atoms with Crippen molar-refractivity contribution in [2.45, 2.75) is 26.0 Å². The van der Waals surface area contributed by atoms with Crippen LogP contribution in [0, 0.1) is 0 Å². The zero-order chi connectivity index (χ0) is 17.6. The Kier molecular flexibility index (Phi) is 5.60. The van der Waals surface area contributed by atoms with E-state index in [1.165, 1.54) is 0 Å². The molecular weight excluding hydrogens is 342 g/mol. The van der Waals surface area contributed by atoms with Gasteiger partial charge in [0.05, 0.1) is 6.54 Å². The van der Waals surface area contributed by atoms with Crippen molar-refractivity contribution in [2.24, 2.45) is 5.16 Å². The van der Waals surface area contributed by atoms with Gasteiger partial charge in [-0.1, -0.05) is 35.5 Å². The van der Waals surface area contributed by atoms with Gasteiger partial charge in [-0.25, -0.2) is 4.79 Å². The molecule has 0 saturated carbocycles. The summed E-state index contributed by atoms with van der Waals surface area (Å²) in [6, 6.07) is 13.2. The number of halogens is 1. The average molecular weight is 362 g/mol. The maximum atomic E-state index is 12.4. The lowest BCUT2D eigenvalue weighted by Crippen LogP contribution is -2.43. The van der Waals surface area contributed by atoms with Gasteiger partial charge < -0.3 is 19.5 Å². The van der Waals surface area contributed by atoms with Crippen LogP contribution < -0.4 is 5.32 Å². The molecule has 25 heavy (non-hydrogen) atoms. The first kappa shape index (κ1) is 17.4. The molecule has 0 bridgehead atoms. The van der Waals surface area contributed by atoms with E-state index < -0.39 is 0 Å². The highest BCUT2D eigenvalue weighted by molar-refractivity contribution is 6.29. The number of carbonyl (C=O) groups excluding carboxylic acids is 1. The molecule has 1 atom stereocenters. The van der Waals surface area contributed by atoms with Crippen LogP contribution >= 0.6 is 11.6 Å². The lowest BCUT2D eigenvalue weighted by Gasteiger charge is -2.25. The molecular formula is C18H20ClN3O3. The monoisotopic (exact) mass is 361 g/mol. The van der Waals surface area contributed by atoms with Gasteiger partial charge in [-0.2, -0.15) is 0 Å². The first-order chi connectivity index (χ1) is 12.2. The molecule has 0 spiro atoms. The number of rotatable bonds is 6. The van der Waals surface area contributed by atoms with Gasteiger partial charge >= 0.3 is 6.03 Å². The van der Waals surface area contributed by atoms with Crippen molar-refractivity contribution >= 4 is 23.3 Å². The number of hydrogen-bond donors (Lipinski definition) is 1. The fourth-order valence-electron chi connectivity index (χ4n) is 2.67. The molecule has 2 aromatic rings. The molecule has 0 unspecified atom stereocenters. The van der Waals surface area contributed by atoms with Crippen LogP contribution in [0.5, 0.6) is 0 Å². The number of urea groups is 1. The number of nitrogens with one attached hydrogen (secondary N) is 1. The second-order valence-corrected chi connectivity index (χ2v) is 6.15. The quantitative estimate of drug-likeness (QED) is 0.853. The zero-order valence-corrected chi connectivity index (χ0v) is 14.7. The van der Waals surface area contributed by atoms with Crippen LogP contribution in [0.15, 0.2) is 52.0 Å². The minimum Gasteiger partial charge on any atom is -0.443 e. The molecule has 3 rings (SSSR count). The molecule has 1 N–H and O–H groups in total. The number of amides is 2. The van der Waals surface area contributed by atoms with Crippen LogP contribution in [0.1, 0.15) is 24.7 Å². The van der Waals surface area contributed by atoms with Gasteiger partial charge in [-0.15, -0.1) is 0 Å². The minimum atomic E-state index is -0.217. The fourth-order valence-corrected chi connectivity index (χ4v) is 2.82. The predicted octanol–water partition coefficient (Wildman–Crippen LogP) is 3.66. The van der Waals surface area contributed by atoms with Gasteiger partial charge in [0, 0.05) is 19.5 Å². The summed E-state index contributed by atoms with van der Waals surface area (Å²) in [7, 11) is 0. The maximum absolute atomic E-state index is 12.4. The fraction of sp³-hybridized carbons (Fsp3) is 0.333. The minimum absolute atomic E-state index is 0.121. The zero-order valence-electron chi connectivity index (χ0n) is 13.9. The van der Waals surface area contributed by atoms with E-state index in [0.717, 1.165) is 5.56 Å². The Morgan fingerprint density at radius 3 is 2.80 bits per heavy atom. The van der Waals surface area contributed by atoms with Crippen LogP contribution in [0.2, 0.25) is 5.22 Å². The smallest absolute Gasteiger partial charge is 0.317 e. The molecule has 7 heteroatoms. The Hall–Kier alpha value is -2.47. The molecule has 1 aromatic heterocycles. The molecule has 0 radical (unpaired) electrons. The Morgan fingerprint density at radius 1 is 1.32 bits per heavy atom. The second-order valence-electron chi connectivity index (χ2n) is 5.77. The molecule has 0 fully saturated rings. The summed E-state index contributed by atoms with van der Waals surface area (Å²) in [5.41, 5.74) is 1.76. The molecule has 132 valence electrons. The van der Waals surface area contributed by atoms with Gasteiger partial charge in [0.2, 0.25) is 0 Å². The van der Waals surface area contributed by atoms with Crippen molar-refractivity contribution in [3.8, 4) is 0 Å². The summed E-state index contributed by atoms with van der Waals surface area (Å²) in [5.74, 6) is 0.597. The van der Waals surface area contributed by atoms with E-state index in [0.29, 0.717) is 42.7 Å².